The van der Waals surface area contributed by atoms with Crippen LogP contribution in [0.25, 0.3) is 0 Å². The van der Waals surface area contributed by atoms with Gasteiger partial charge >= 0.3 is 0 Å². The van der Waals surface area contributed by atoms with Crippen molar-refractivity contribution < 1.29 is 9.53 Å². The minimum absolute atomic E-state index is 0.207. The zero-order valence-corrected chi connectivity index (χ0v) is 13.8. The summed E-state index contributed by atoms with van der Waals surface area (Å²) in [6.45, 7) is 2.69. The highest BCUT2D eigenvalue weighted by Gasteiger charge is 2.21. The number of halogens is 1. The molecule has 0 aliphatic carbocycles. The molecule has 1 heterocycles. The monoisotopic (exact) mass is 330 g/mol. The number of carbonyl (C=O) groups is 1. The van der Waals surface area contributed by atoms with E-state index >= 15 is 0 Å². The molecular weight excluding hydrogens is 316 g/mol. The van der Waals surface area contributed by atoms with Gasteiger partial charge in [-0.25, -0.2) is 0 Å². The zero-order chi connectivity index (χ0) is 15.7. The summed E-state index contributed by atoms with van der Waals surface area (Å²) in [5, 5.41) is -0.369. The summed E-state index contributed by atoms with van der Waals surface area (Å²) in [5.41, 5.74) is 5.03. The van der Waals surface area contributed by atoms with E-state index in [4.69, 9.17) is 28.6 Å². The van der Waals surface area contributed by atoms with Gasteiger partial charge in [0.15, 0.2) is 0 Å². The predicted octanol–water partition coefficient (Wildman–Crippen LogP) is 4.00. The number of ether oxygens (including phenoxy) is 1. The van der Waals surface area contributed by atoms with Crippen molar-refractivity contribution >= 4 is 33.9 Å². The number of aryl methyl sites for hydroxylation is 1. The fraction of sp³-hybridized carbons (Fsp3) is 0.222. The first-order chi connectivity index (χ1) is 10.5. The van der Waals surface area contributed by atoms with Gasteiger partial charge in [0.1, 0.15) is 5.75 Å². The van der Waals surface area contributed by atoms with E-state index in [1.807, 2.05) is 43.3 Å². The lowest BCUT2D eigenvalue weighted by Gasteiger charge is -2.12. The minimum Gasteiger partial charge on any atom is -0.492 e. The molecule has 0 N–H and O–H groups in total. The molecule has 1 aliphatic heterocycles. The van der Waals surface area contributed by atoms with Crippen molar-refractivity contribution in [2.45, 2.75) is 19.8 Å². The van der Waals surface area contributed by atoms with Crippen LogP contribution in [0.5, 0.6) is 5.75 Å². The molecule has 0 atom stereocenters. The van der Waals surface area contributed by atoms with Gasteiger partial charge in [0, 0.05) is 18.4 Å². The molecule has 0 saturated carbocycles. The minimum atomic E-state index is -0.369. The van der Waals surface area contributed by atoms with Crippen molar-refractivity contribution in [3.8, 4) is 5.75 Å². The summed E-state index contributed by atoms with van der Waals surface area (Å²) >= 11 is 11.2. The maximum absolute atomic E-state index is 11.2. The fourth-order valence-electron chi connectivity index (χ4n) is 2.67. The smallest absolute Gasteiger partial charge is 0.226 e. The first kappa shape index (κ1) is 15.2. The summed E-state index contributed by atoms with van der Waals surface area (Å²) in [5.74, 6) is 0.844. The van der Waals surface area contributed by atoms with Gasteiger partial charge in [-0.05, 0) is 41.3 Å². The van der Waals surface area contributed by atoms with Crippen LogP contribution in [0.15, 0.2) is 36.4 Å². The highest BCUT2D eigenvalue weighted by molar-refractivity contribution is 7.81. The topological polar surface area (TPSA) is 26.3 Å². The van der Waals surface area contributed by atoms with Gasteiger partial charge in [-0.15, -0.1) is 0 Å². The van der Waals surface area contributed by atoms with Crippen molar-refractivity contribution in [3.63, 3.8) is 0 Å². The number of thiocarbonyl (C=S) groups is 1. The number of hydrogen-bond acceptors (Lipinski definition) is 3. The second-order valence-electron chi connectivity index (χ2n) is 5.46. The summed E-state index contributed by atoms with van der Waals surface area (Å²) in [6, 6.07) is 12.0. The van der Waals surface area contributed by atoms with E-state index in [0.29, 0.717) is 6.61 Å². The van der Waals surface area contributed by atoms with Gasteiger partial charge in [-0.2, -0.15) is 0 Å². The Hall–Kier alpha value is -1.71. The van der Waals surface area contributed by atoms with Crippen LogP contribution in [0.2, 0.25) is 0 Å². The van der Waals surface area contributed by atoms with Crippen molar-refractivity contribution in [1.29, 1.82) is 0 Å². The molecule has 0 radical (unpaired) electrons. The predicted molar refractivity (Wildman–Crippen MR) is 92.2 cm³/mol. The van der Waals surface area contributed by atoms with Crippen LogP contribution >= 0.6 is 23.8 Å². The quantitative estimate of drug-likeness (QED) is 0.481. The highest BCUT2D eigenvalue weighted by Crippen LogP contribution is 2.33. The Morgan fingerprint density at radius 3 is 2.68 bits per heavy atom. The third-order valence-electron chi connectivity index (χ3n) is 3.74. The maximum Gasteiger partial charge on any atom is 0.226 e. The Balaban J connectivity index is 2.05. The molecule has 2 aromatic rings. The normalized spacial score (nSPS) is 12.6. The molecule has 3 rings (SSSR count). The first-order valence-corrected chi connectivity index (χ1v) is 7.91. The molecule has 0 aromatic heterocycles. The second kappa shape index (κ2) is 6.19. The van der Waals surface area contributed by atoms with Crippen LogP contribution in [-0.4, -0.2) is 16.7 Å². The first-order valence-electron chi connectivity index (χ1n) is 7.13. The van der Waals surface area contributed by atoms with Gasteiger partial charge in [-0.3, -0.25) is 4.79 Å². The van der Waals surface area contributed by atoms with Crippen LogP contribution in [0.1, 0.15) is 27.8 Å². The van der Waals surface area contributed by atoms with E-state index in [-0.39, 0.29) is 11.7 Å². The number of benzene rings is 2. The number of fused-ring (bicyclic) bond motifs is 1. The van der Waals surface area contributed by atoms with E-state index in [2.05, 4.69) is 0 Å². The molecular formula is C18H15ClO2S. The molecule has 0 fully saturated rings. The van der Waals surface area contributed by atoms with E-state index in [1.54, 1.807) is 0 Å². The standard InChI is InChI=1S/C18H15ClO2S/c1-11-2-4-13(5-3-11)18(22)15-9-12(10-16(19)20)8-14-6-7-21-17(14)15/h2-5,8-9H,6-7,10H2,1H3. The third-order valence-corrected chi connectivity index (χ3v) is 4.33. The second-order valence-corrected chi connectivity index (χ2v) is 6.29. The molecule has 0 spiro atoms. The van der Waals surface area contributed by atoms with Crippen LogP contribution in [0, 0.1) is 6.92 Å². The number of hydrogen-bond donors (Lipinski definition) is 0. The van der Waals surface area contributed by atoms with Crippen LogP contribution in [0.4, 0.5) is 0 Å². The Labute approximate surface area is 140 Å². The zero-order valence-electron chi connectivity index (χ0n) is 12.2. The molecule has 0 saturated heterocycles. The molecule has 0 bridgehead atoms. The molecule has 4 heteroatoms. The molecule has 1 aliphatic rings. The summed E-state index contributed by atoms with van der Waals surface area (Å²) in [6.07, 6.45) is 1.04. The highest BCUT2D eigenvalue weighted by atomic mass is 35.5. The van der Waals surface area contributed by atoms with E-state index in [1.165, 1.54) is 5.56 Å². The molecule has 112 valence electrons. The van der Waals surface area contributed by atoms with Crippen molar-refractivity contribution in [3.05, 3.63) is 64.2 Å². The van der Waals surface area contributed by atoms with Crippen molar-refractivity contribution in [2.75, 3.05) is 6.61 Å². The van der Waals surface area contributed by atoms with Crippen LogP contribution in [-0.2, 0) is 17.6 Å². The maximum atomic E-state index is 11.2. The van der Waals surface area contributed by atoms with E-state index in [9.17, 15) is 4.79 Å². The summed E-state index contributed by atoms with van der Waals surface area (Å²) in [7, 11) is 0. The molecule has 22 heavy (non-hydrogen) atoms. The van der Waals surface area contributed by atoms with Crippen LogP contribution in [0.3, 0.4) is 0 Å². The Kier molecular flexibility index (Phi) is 4.27. The Morgan fingerprint density at radius 2 is 2.00 bits per heavy atom. The van der Waals surface area contributed by atoms with Crippen molar-refractivity contribution in [2.24, 2.45) is 0 Å². The van der Waals surface area contributed by atoms with Crippen LogP contribution < -0.4 is 4.74 Å². The molecule has 2 aromatic carbocycles. The Bertz CT molecular complexity index is 750. The average molecular weight is 331 g/mol. The largest absolute Gasteiger partial charge is 0.492 e. The average Bonchev–Trinajstić information content (AvgIpc) is 2.94. The SMILES string of the molecule is Cc1ccc(C(=S)c2cc(CC(=O)Cl)cc3c2OCC3)cc1. The summed E-state index contributed by atoms with van der Waals surface area (Å²) in [4.78, 5) is 11.9. The van der Waals surface area contributed by atoms with Crippen molar-refractivity contribution in [1.82, 2.24) is 0 Å². The lowest BCUT2D eigenvalue weighted by Crippen LogP contribution is -2.05. The Morgan fingerprint density at radius 1 is 1.27 bits per heavy atom. The lowest BCUT2D eigenvalue weighted by atomic mass is 9.96. The van der Waals surface area contributed by atoms with Gasteiger partial charge in [0.25, 0.3) is 0 Å². The molecule has 0 amide bonds. The van der Waals surface area contributed by atoms with Gasteiger partial charge < -0.3 is 4.74 Å². The van der Waals surface area contributed by atoms with Gasteiger partial charge in [0.2, 0.25) is 5.24 Å². The van der Waals surface area contributed by atoms with E-state index < -0.39 is 0 Å². The number of rotatable bonds is 4. The molecule has 0 unspecified atom stereocenters. The summed E-state index contributed by atoms with van der Waals surface area (Å²) < 4.78 is 5.75. The van der Waals surface area contributed by atoms with Gasteiger partial charge in [0.05, 0.1) is 11.5 Å². The third kappa shape index (κ3) is 3.06. The molecule has 2 nitrogen and oxygen atoms in total. The fourth-order valence-corrected chi connectivity index (χ4v) is 3.11. The van der Waals surface area contributed by atoms with E-state index in [0.717, 1.165) is 39.3 Å². The number of carbonyl (C=O) groups excluding carboxylic acids is 1. The lowest BCUT2D eigenvalue weighted by molar-refractivity contribution is -0.111. The van der Waals surface area contributed by atoms with Gasteiger partial charge in [-0.1, -0.05) is 48.1 Å².